The van der Waals surface area contributed by atoms with Crippen LogP contribution in [0.3, 0.4) is 0 Å². The minimum Gasteiger partial charge on any atom is -0.507 e. The van der Waals surface area contributed by atoms with Crippen LogP contribution < -0.4 is 5.63 Å². The average Bonchev–Trinajstić information content (AvgIpc) is 2.15. The molecular formula is C12H10O3S. The molecule has 82 valence electrons. The SMILES string of the molecule is CC(=S)c1c(O)ccc2c(C)cc(=O)oc12. The molecule has 4 heteroatoms. The van der Waals surface area contributed by atoms with E-state index in [1.165, 1.54) is 6.07 Å². The smallest absolute Gasteiger partial charge is 0.336 e. The third-order valence-electron chi connectivity index (χ3n) is 2.45. The summed E-state index contributed by atoms with van der Waals surface area (Å²) in [4.78, 5) is 11.8. The molecule has 1 heterocycles. The van der Waals surface area contributed by atoms with E-state index in [1.807, 2.05) is 6.92 Å². The number of phenolic OH excluding ortho intramolecular Hbond substituents is 1. The number of aryl methyl sites for hydroxylation is 1. The van der Waals surface area contributed by atoms with Crippen molar-refractivity contribution in [1.82, 2.24) is 0 Å². The van der Waals surface area contributed by atoms with Gasteiger partial charge in [0.2, 0.25) is 0 Å². The molecule has 0 aliphatic carbocycles. The van der Waals surface area contributed by atoms with Gasteiger partial charge < -0.3 is 9.52 Å². The zero-order chi connectivity index (χ0) is 11.9. The van der Waals surface area contributed by atoms with Crippen LogP contribution in [-0.4, -0.2) is 9.97 Å². The van der Waals surface area contributed by atoms with Crippen molar-refractivity contribution >= 4 is 28.1 Å². The van der Waals surface area contributed by atoms with Gasteiger partial charge >= 0.3 is 5.63 Å². The van der Waals surface area contributed by atoms with Crippen LogP contribution in [0.5, 0.6) is 5.75 Å². The van der Waals surface area contributed by atoms with E-state index < -0.39 is 5.63 Å². The Labute approximate surface area is 97.3 Å². The van der Waals surface area contributed by atoms with Crippen molar-refractivity contribution in [2.45, 2.75) is 13.8 Å². The molecule has 1 N–H and O–H groups in total. The zero-order valence-electron chi connectivity index (χ0n) is 8.90. The average molecular weight is 234 g/mol. The number of benzene rings is 1. The molecule has 0 aliphatic rings. The number of hydrogen-bond acceptors (Lipinski definition) is 4. The molecule has 0 saturated carbocycles. The highest BCUT2D eigenvalue weighted by Gasteiger charge is 2.13. The van der Waals surface area contributed by atoms with E-state index in [4.69, 9.17) is 16.6 Å². The lowest BCUT2D eigenvalue weighted by molar-refractivity contribution is 0.472. The van der Waals surface area contributed by atoms with Crippen LogP contribution >= 0.6 is 12.2 Å². The highest BCUT2D eigenvalue weighted by Crippen LogP contribution is 2.28. The van der Waals surface area contributed by atoms with E-state index >= 15 is 0 Å². The first-order chi connectivity index (χ1) is 7.50. The van der Waals surface area contributed by atoms with Gasteiger partial charge in [-0.2, -0.15) is 0 Å². The molecule has 1 aromatic heterocycles. The highest BCUT2D eigenvalue weighted by molar-refractivity contribution is 7.80. The number of thiocarbonyl (C=S) groups is 1. The molecule has 2 aromatic rings. The maximum atomic E-state index is 11.3. The lowest BCUT2D eigenvalue weighted by atomic mass is 10.0. The Kier molecular flexibility index (Phi) is 2.52. The maximum Gasteiger partial charge on any atom is 0.336 e. The summed E-state index contributed by atoms with van der Waals surface area (Å²) in [5, 5.41) is 10.5. The van der Waals surface area contributed by atoms with E-state index in [0.29, 0.717) is 16.0 Å². The minimum atomic E-state index is -0.437. The second-order valence-corrected chi connectivity index (χ2v) is 4.25. The van der Waals surface area contributed by atoms with E-state index in [0.717, 1.165) is 10.9 Å². The minimum absolute atomic E-state index is 0.0359. The second kappa shape index (κ2) is 3.72. The second-order valence-electron chi connectivity index (χ2n) is 3.64. The Morgan fingerprint density at radius 1 is 1.44 bits per heavy atom. The quantitative estimate of drug-likeness (QED) is 0.468. The third-order valence-corrected chi connectivity index (χ3v) is 2.65. The molecule has 0 aliphatic heterocycles. The van der Waals surface area contributed by atoms with E-state index in [1.54, 1.807) is 19.1 Å². The van der Waals surface area contributed by atoms with Crippen molar-refractivity contribution in [3.05, 3.63) is 39.7 Å². The van der Waals surface area contributed by atoms with Gasteiger partial charge in [0.05, 0.1) is 5.56 Å². The Morgan fingerprint density at radius 3 is 2.75 bits per heavy atom. The van der Waals surface area contributed by atoms with Crippen molar-refractivity contribution in [2.75, 3.05) is 0 Å². The Hall–Kier alpha value is -1.68. The predicted octanol–water partition coefficient (Wildman–Crippen LogP) is 2.54. The Balaban J connectivity index is 3.03. The number of rotatable bonds is 1. The fourth-order valence-corrected chi connectivity index (χ4v) is 1.91. The molecular weight excluding hydrogens is 224 g/mol. The number of fused-ring (bicyclic) bond motifs is 1. The van der Waals surface area contributed by atoms with Gasteiger partial charge in [-0.15, -0.1) is 0 Å². The number of aromatic hydroxyl groups is 1. The van der Waals surface area contributed by atoms with Crippen LogP contribution in [-0.2, 0) is 0 Å². The number of hydrogen-bond donors (Lipinski definition) is 1. The molecule has 3 nitrogen and oxygen atoms in total. The van der Waals surface area contributed by atoms with Crippen molar-refractivity contribution < 1.29 is 9.52 Å². The van der Waals surface area contributed by atoms with Gasteiger partial charge in [-0.1, -0.05) is 12.2 Å². The fourth-order valence-electron chi connectivity index (χ4n) is 1.71. The normalized spacial score (nSPS) is 10.6. The molecule has 0 unspecified atom stereocenters. The van der Waals surface area contributed by atoms with Gasteiger partial charge in [0, 0.05) is 16.3 Å². The Morgan fingerprint density at radius 2 is 2.12 bits per heavy atom. The van der Waals surface area contributed by atoms with Gasteiger partial charge in [-0.3, -0.25) is 0 Å². The zero-order valence-corrected chi connectivity index (χ0v) is 9.72. The van der Waals surface area contributed by atoms with Gasteiger partial charge in [0.25, 0.3) is 0 Å². The van der Waals surface area contributed by atoms with Gasteiger partial charge in [-0.05, 0) is 31.5 Å². The summed E-state index contributed by atoms with van der Waals surface area (Å²) in [6.07, 6.45) is 0. The summed E-state index contributed by atoms with van der Waals surface area (Å²) in [5.74, 6) is 0.0359. The molecule has 0 bridgehead atoms. The summed E-state index contributed by atoms with van der Waals surface area (Å²) in [6, 6.07) is 4.69. The molecule has 1 aromatic carbocycles. The van der Waals surface area contributed by atoms with Crippen LogP contribution in [0, 0.1) is 6.92 Å². The maximum absolute atomic E-state index is 11.3. The van der Waals surface area contributed by atoms with Crippen molar-refractivity contribution in [3.63, 3.8) is 0 Å². The van der Waals surface area contributed by atoms with Crippen molar-refractivity contribution in [1.29, 1.82) is 0 Å². The number of phenols is 1. The largest absolute Gasteiger partial charge is 0.507 e. The molecule has 16 heavy (non-hydrogen) atoms. The molecule has 0 atom stereocenters. The first kappa shape index (κ1) is 10.8. The van der Waals surface area contributed by atoms with Crippen LogP contribution in [0.15, 0.2) is 27.4 Å². The van der Waals surface area contributed by atoms with Crippen LogP contribution in [0.1, 0.15) is 18.1 Å². The highest BCUT2D eigenvalue weighted by atomic mass is 32.1. The van der Waals surface area contributed by atoms with Gasteiger partial charge in [0.1, 0.15) is 5.75 Å². The molecule has 0 radical (unpaired) electrons. The van der Waals surface area contributed by atoms with Crippen molar-refractivity contribution in [3.8, 4) is 5.75 Å². The molecule has 2 rings (SSSR count). The first-order valence-electron chi connectivity index (χ1n) is 4.78. The van der Waals surface area contributed by atoms with Crippen molar-refractivity contribution in [2.24, 2.45) is 0 Å². The fraction of sp³-hybridized carbons (Fsp3) is 0.167. The molecule has 0 spiro atoms. The first-order valence-corrected chi connectivity index (χ1v) is 5.19. The summed E-state index contributed by atoms with van der Waals surface area (Å²) in [7, 11) is 0. The molecule has 0 fully saturated rings. The monoisotopic (exact) mass is 234 g/mol. The summed E-state index contributed by atoms with van der Waals surface area (Å²) in [5.41, 5.74) is 1.16. The van der Waals surface area contributed by atoms with Crippen LogP contribution in [0.4, 0.5) is 0 Å². The summed E-state index contributed by atoms with van der Waals surface area (Å²) in [6.45, 7) is 3.50. The van der Waals surface area contributed by atoms with Gasteiger partial charge in [0.15, 0.2) is 5.58 Å². The molecule has 0 amide bonds. The third kappa shape index (κ3) is 1.61. The van der Waals surface area contributed by atoms with E-state index in [-0.39, 0.29) is 5.75 Å². The Bertz CT molecular complexity index is 640. The van der Waals surface area contributed by atoms with E-state index in [9.17, 15) is 9.90 Å². The van der Waals surface area contributed by atoms with Crippen LogP contribution in [0.25, 0.3) is 11.0 Å². The molecule has 0 saturated heterocycles. The predicted molar refractivity (Wildman–Crippen MR) is 66.3 cm³/mol. The van der Waals surface area contributed by atoms with Gasteiger partial charge in [-0.25, -0.2) is 4.79 Å². The topological polar surface area (TPSA) is 50.4 Å². The lowest BCUT2D eigenvalue weighted by Gasteiger charge is -2.07. The summed E-state index contributed by atoms with van der Waals surface area (Å²) >= 11 is 5.04. The lowest BCUT2D eigenvalue weighted by Crippen LogP contribution is -2.02. The standard InChI is InChI=1S/C12H10O3S/c1-6-5-10(14)15-12-8(6)3-4-9(13)11(12)7(2)16/h3-5,13H,1-2H3. The van der Waals surface area contributed by atoms with Crippen LogP contribution in [0.2, 0.25) is 0 Å². The van der Waals surface area contributed by atoms with E-state index in [2.05, 4.69) is 0 Å². The summed E-state index contributed by atoms with van der Waals surface area (Å²) < 4.78 is 5.11.